The number of carbonyl (C=O) groups excluding carboxylic acids is 2. The zero-order valence-corrected chi connectivity index (χ0v) is 15.9. The Kier molecular flexibility index (Phi) is 5.28. The van der Waals surface area contributed by atoms with E-state index in [1.165, 1.54) is 5.56 Å². The minimum atomic E-state index is -0.0354. The van der Waals surface area contributed by atoms with Gasteiger partial charge in [-0.1, -0.05) is 41.9 Å². The number of ketones is 1. The summed E-state index contributed by atoms with van der Waals surface area (Å²) in [6.07, 6.45) is 3.64. The molecule has 27 heavy (non-hydrogen) atoms. The van der Waals surface area contributed by atoms with E-state index in [4.69, 9.17) is 11.6 Å². The Balaban J connectivity index is 1.45. The number of carbonyl (C=O) groups is 2. The van der Waals surface area contributed by atoms with Crippen LogP contribution in [0.1, 0.15) is 39.9 Å². The van der Waals surface area contributed by atoms with Crippen molar-refractivity contribution in [3.63, 3.8) is 0 Å². The van der Waals surface area contributed by atoms with Crippen molar-refractivity contribution in [2.24, 2.45) is 5.92 Å². The van der Waals surface area contributed by atoms with Crippen molar-refractivity contribution < 1.29 is 9.59 Å². The molecular formula is C22H23ClN2O2. The van der Waals surface area contributed by atoms with E-state index in [-0.39, 0.29) is 17.6 Å². The molecule has 0 spiro atoms. The first-order valence-electron chi connectivity index (χ1n) is 9.56. The largest absolute Gasteiger partial charge is 0.325 e. The third-order valence-corrected chi connectivity index (χ3v) is 5.83. The van der Waals surface area contributed by atoms with Gasteiger partial charge in [0.15, 0.2) is 5.78 Å². The maximum Gasteiger partial charge on any atom is 0.224 e. The van der Waals surface area contributed by atoms with Crippen LogP contribution in [0.15, 0.2) is 36.4 Å². The fourth-order valence-corrected chi connectivity index (χ4v) is 4.40. The molecule has 2 aromatic rings. The van der Waals surface area contributed by atoms with Crippen LogP contribution in [-0.4, -0.2) is 24.8 Å². The van der Waals surface area contributed by atoms with Crippen LogP contribution in [0.3, 0.4) is 0 Å². The number of aryl methyl sites for hydroxylation is 1. The van der Waals surface area contributed by atoms with Gasteiger partial charge < -0.3 is 10.6 Å². The number of fused-ring (bicyclic) bond motifs is 3. The molecule has 1 aliphatic heterocycles. The Hall–Kier alpha value is -2.17. The Morgan fingerprint density at radius 1 is 1.11 bits per heavy atom. The summed E-state index contributed by atoms with van der Waals surface area (Å²) in [6.45, 7) is 1.55. The molecule has 1 heterocycles. The highest BCUT2D eigenvalue weighted by Gasteiger charge is 2.33. The van der Waals surface area contributed by atoms with E-state index in [1.807, 2.05) is 24.3 Å². The molecular weight excluding hydrogens is 360 g/mol. The van der Waals surface area contributed by atoms with Crippen LogP contribution in [0.4, 0.5) is 5.69 Å². The van der Waals surface area contributed by atoms with Crippen molar-refractivity contribution in [1.82, 2.24) is 5.32 Å². The van der Waals surface area contributed by atoms with Crippen LogP contribution >= 0.6 is 11.6 Å². The number of hydrogen-bond acceptors (Lipinski definition) is 3. The number of Topliss-reactive ketones (excluding diaryl/α,β-unsaturated/α-hetero) is 1. The molecule has 2 N–H and O–H groups in total. The Labute approximate surface area is 164 Å². The molecule has 0 saturated heterocycles. The van der Waals surface area contributed by atoms with Crippen LogP contribution < -0.4 is 10.6 Å². The van der Waals surface area contributed by atoms with Gasteiger partial charge in [0.05, 0.1) is 10.7 Å². The van der Waals surface area contributed by atoms with Crippen molar-refractivity contribution in [3.05, 3.63) is 63.7 Å². The van der Waals surface area contributed by atoms with Gasteiger partial charge in [-0.25, -0.2) is 0 Å². The highest BCUT2D eigenvalue weighted by atomic mass is 35.5. The first-order valence-corrected chi connectivity index (χ1v) is 9.94. The summed E-state index contributed by atoms with van der Waals surface area (Å²) in [6, 6.07) is 12.2. The van der Waals surface area contributed by atoms with Gasteiger partial charge in [-0.2, -0.15) is 0 Å². The van der Waals surface area contributed by atoms with Gasteiger partial charge in [0.2, 0.25) is 5.91 Å². The molecule has 0 radical (unpaired) electrons. The van der Waals surface area contributed by atoms with E-state index >= 15 is 0 Å². The second-order valence-electron chi connectivity index (χ2n) is 7.33. The number of amides is 1. The third-order valence-electron chi connectivity index (χ3n) is 5.53. The predicted molar refractivity (Wildman–Crippen MR) is 108 cm³/mol. The van der Waals surface area contributed by atoms with Crippen molar-refractivity contribution in [3.8, 4) is 0 Å². The number of rotatable bonds is 5. The van der Waals surface area contributed by atoms with Gasteiger partial charge >= 0.3 is 0 Å². The molecule has 2 aromatic carbocycles. The zero-order valence-electron chi connectivity index (χ0n) is 15.2. The van der Waals surface area contributed by atoms with Crippen LogP contribution in [0, 0.1) is 5.92 Å². The van der Waals surface area contributed by atoms with E-state index in [2.05, 4.69) is 22.8 Å². The number of benzene rings is 2. The lowest BCUT2D eigenvalue weighted by Crippen LogP contribution is -2.35. The second-order valence-corrected chi connectivity index (χ2v) is 7.74. The lowest BCUT2D eigenvalue weighted by Gasteiger charge is -2.29. The van der Waals surface area contributed by atoms with Crippen LogP contribution in [0.25, 0.3) is 0 Å². The third kappa shape index (κ3) is 3.78. The lowest BCUT2D eigenvalue weighted by atomic mass is 9.78. The minimum Gasteiger partial charge on any atom is -0.325 e. The van der Waals surface area contributed by atoms with Crippen molar-refractivity contribution >= 4 is 29.0 Å². The van der Waals surface area contributed by atoms with E-state index in [0.29, 0.717) is 30.1 Å². The first-order chi connectivity index (χ1) is 13.1. The molecule has 4 nitrogen and oxygen atoms in total. The van der Waals surface area contributed by atoms with E-state index < -0.39 is 0 Å². The standard InChI is InChI=1S/C22H23ClN2O2/c23-18-12-15-6-7-16(13-24-11-10-14-4-2-1-3-5-14)22(27)20(15)17-8-9-19(26)25-21(17)18/h1-5,12,16,24H,6-11,13H2,(H,25,26). The summed E-state index contributed by atoms with van der Waals surface area (Å²) < 4.78 is 0. The number of halogens is 1. The smallest absolute Gasteiger partial charge is 0.224 e. The number of hydrogen-bond donors (Lipinski definition) is 2. The van der Waals surface area contributed by atoms with Crippen LogP contribution in [0.2, 0.25) is 5.02 Å². The molecule has 0 bridgehead atoms. The second kappa shape index (κ2) is 7.83. The van der Waals surface area contributed by atoms with E-state index in [1.54, 1.807) is 0 Å². The molecule has 2 aliphatic rings. The Morgan fingerprint density at radius 3 is 2.74 bits per heavy atom. The van der Waals surface area contributed by atoms with E-state index in [0.717, 1.165) is 42.5 Å². The molecule has 4 rings (SSSR count). The topological polar surface area (TPSA) is 58.2 Å². The molecule has 0 aromatic heterocycles. The first kappa shape index (κ1) is 18.2. The van der Waals surface area contributed by atoms with Crippen LogP contribution in [-0.2, 0) is 24.1 Å². The monoisotopic (exact) mass is 382 g/mol. The van der Waals surface area contributed by atoms with Gasteiger partial charge in [0.25, 0.3) is 0 Å². The molecule has 5 heteroatoms. The molecule has 0 fully saturated rings. The Bertz CT molecular complexity index is 880. The number of anilines is 1. The predicted octanol–water partition coefficient (Wildman–Crippen LogP) is 3.80. The average Bonchev–Trinajstić information content (AvgIpc) is 2.68. The van der Waals surface area contributed by atoms with Gasteiger partial charge in [-0.15, -0.1) is 0 Å². The van der Waals surface area contributed by atoms with Gasteiger partial charge in [0, 0.05) is 24.4 Å². The molecule has 1 atom stereocenters. The number of nitrogens with one attached hydrogen (secondary N) is 2. The van der Waals surface area contributed by atoms with Gasteiger partial charge in [-0.05, 0) is 55.0 Å². The summed E-state index contributed by atoms with van der Waals surface area (Å²) in [7, 11) is 0. The normalized spacial score (nSPS) is 18.6. The maximum absolute atomic E-state index is 13.1. The quantitative estimate of drug-likeness (QED) is 0.773. The Morgan fingerprint density at radius 2 is 1.93 bits per heavy atom. The average molecular weight is 383 g/mol. The fraction of sp³-hybridized carbons (Fsp3) is 0.364. The molecule has 1 aliphatic carbocycles. The SMILES string of the molecule is O=C1CCc2c(c(Cl)cc3c2C(=O)C(CNCCc2ccccc2)CC3)N1. The fourth-order valence-electron chi connectivity index (χ4n) is 4.10. The highest BCUT2D eigenvalue weighted by Crippen LogP contribution is 2.39. The van der Waals surface area contributed by atoms with Gasteiger partial charge in [-0.3, -0.25) is 9.59 Å². The summed E-state index contributed by atoms with van der Waals surface area (Å²) >= 11 is 6.35. The summed E-state index contributed by atoms with van der Waals surface area (Å²) in [5.74, 6) is 0.135. The summed E-state index contributed by atoms with van der Waals surface area (Å²) in [5.41, 5.74) is 4.69. The van der Waals surface area contributed by atoms with Crippen molar-refractivity contribution in [1.29, 1.82) is 0 Å². The lowest BCUT2D eigenvalue weighted by molar-refractivity contribution is -0.116. The maximum atomic E-state index is 13.1. The molecule has 140 valence electrons. The van der Waals surface area contributed by atoms with Crippen molar-refractivity contribution in [2.45, 2.75) is 32.1 Å². The van der Waals surface area contributed by atoms with Crippen LogP contribution in [0.5, 0.6) is 0 Å². The zero-order chi connectivity index (χ0) is 18.8. The highest BCUT2D eigenvalue weighted by molar-refractivity contribution is 6.34. The van der Waals surface area contributed by atoms with Gasteiger partial charge in [0.1, 0.15) is 0 Å². The molecule has 1 amide bonds. The minimum absolute atomic E-state index is 0.0174. The molecule has 0 saturated carbocycles. The summed E-state index contributed by atoms with van der Waals surface area (Å²) in [4.78, 5) is 24.9. The van der Waals surface area contributed by atoms with E-state index in [9.17, 15) is 9.59 Å². The summed E-state index contributed by atoms with van der Waals surface area (Å²) in [5, 5.41) is 6.84. The molecule has 1 unspecified atom stereocenters. The van der Waals surface area contributed by atoms with Crippen molar-refractivity contribution in [2.75, 3.05) is 18.4 Å².